The van der Waals surface area contributed by atoms with Crippen molar-refractivity contribution in [1.82, 2.24) is 15.1 Å². The number of carbonyl (C=O) groups excluding carboxylic acids is 2. The lowest BCUT2D eigenvalue weighted by Gasteiger charge is -2.41. The second kappa shape index (κ2) is 10.0. The Kier molecular flexibility index (Phi) is 6.80. The van der Waals surface area contributed by atoms with Crippen molar-refractivity contribution in [3.8, 4) is 6.07 Å². The zero-order valence-corrected chi connectivity index (χ0v) is 20.9. The van der Waals surface area contributed by atoms with Crippen LogP contribution in [0.3, 0.4) is 0 Å². The van der Waals surface area contributed by atoms with Gasteiger partial charge in [-0.25, -0.2) is 0 Å². The highest BCUT2D eigenvalue weighted by Gasteiger charge is 2.44. The fourth-order valence-electron chi connectivity index (χ4n) is 5.71. The Morgan fingerprint density at radius 3 is 2.64 bits per heavy atom. The molecule has 2 saturated heterocycles. The number of hydrogen-bond acceptors (Lipinski definition) is 6. The van der Waals surface area contributed by atoms with Crippen molar-refractivity contribution in [1.29, 1.82) is 5.26 Å². The summed E-state index contributed by atoms with van der Waals surface area (Å²) in [6.07, 6.45) is 0. The second-order valence-electron chi connectivity index (χ2n) is 10.2. The molecular weight excluding hydrogens is 454 g/mol. The van der Waals surface area contributed by atoms with Crippen LogP contribution in [0.4, 0.5) is 5.69 Å². The molecule has 2 aromatic rings. The third-order valence-corrected chi connectivity index (χ3v) is 7.75. The molecule has 2 fully saturated rings. The predicted octanol–water partition coefficient (Wildman–Crippen LogP) is 1.73. The number of rotatable bonds is 4. The SMILES string of the molecule is C[C@@H]1CN(CC(=O)N2CC(C)(c3ccccc3)c3ccc(C#N)cc32)[C@@H](C(=O)N2CCOCC2)CN1. The lowest BCUT2D eigenvalue weighted by atomic mass is 9.78. The molecule has 3 aliphatic heterocycles. The molecule has 0 aliphatic carbocycles. The van der Waals surface area contributed by atoms with E-state index in [1.165, 1.54) is 0 Å². The van der Waals surface area contributed by atoms with Crippen LogP contribution in [0.2, 0.25) is 0 Å². The van der Waals surface area contributed by atoms with Gasteiger partial charge in [-0.15, -0.1) is 0 Å². The van der Waals surface area contributed by atoms with Gasteiger partial charge in [-0.3, -0.25) is 14.5 Å². The number of morpholine rings is 1. The molecule has 8 heteroatoms. The third-order valence-electron chi connectivity index (χ3n) is 7.75. The van der Waals surface area contributed by atoms with Crippen LogP contribution in [0.25, 0.3) is 0 Å². The minimum Gasteiger partial charge on any atom is -0.378 e. The number of ether oxygens (including phenoxy) is 1. The van der Waals surface area contributed by atoms with Crippen LogP contribution in [0.15, 0.2) is 48.5 Å². The summed E-state index contributed by atoms with van der Waals surface area (Å²) in [4.78, 5) is 32.9. The summed E-state index contributed by atoms with van der Waals surface area (Å²) in [6.45, 7) is 8.25. The third kappa shape index (κ3) is 4.50. The van der Waals surface area contributed by atoms with Crippen molar-refractivity contribution in [2.75, 3.05) is 57.4 Å². The van der Waals surface area contributed by atoms with E-state index in [0.717, 1.165) is 16.8 Å². The zero-order valence-electron chi connectivity index (χ0n) is 20.9. The van der Waals surface area contributed by atoms with E-state index in [1.807, 2.05) is 51.1 Å². The molecule has 3 atom stereocenters. The lowest BCUT2D eigenvalue weighted by Crippen LogP contribution is -2.63. The summed E-state index contributed by atoms with van der Waals surface area (Å²) in [5.41, 5.74) is 3.09. The molecular formula is C28H33N5O3. The fraction of sp³-hybridized carbons (Fsp3) is 0.464. The van der Waals surface area contributed by atoms with E-state index in [4.69, 9.17) is 4.74 Å². The highest BCUT2D eigenvalue weighted by molar-refractivity contribution is 5.98. The van der Waals surface area contributed by atoms with Crippen molar-refractivity contribution in [2.24, 2.45) is 0 Å². The Morgan fingerprint density at radius 1 is 1.17 bits per heavy atom. The number of nitrogens with one attached hydrogen (secondary N) is 1. The number of fused-ring (bicyclic) bond motifs is 1. The second-order valence-corrected chi connectivity index (χ2v) is 10.2. The van der Waals surface area contributed by atoms with Crippen LogP contribution in [0, 0.1) is 11.3 Å². The number of anilines is 1. The van der Waals surface area contributed by atoms with Gasteiger partial charge < -0.3 is 19.9 Å². The first-order valence-corrected chi connectivity index (χ1v) is 12.6. The highest BCUT2D eigenvalue weighted by Crippen LogP contribution is 2.45. The van der Waals surface area contributed by atoms with Gasteiger partial charge in [-0.1, -0.05) is 36.4 Å². The van der Waals surface area contributed by atoms with Gasteiger partial charge in [0.05, 0.1) is 31.4 Å². The van der Waals surface area contributed by atoms with E-state index in [2.05, 4.69) is 37.4 Å². The quantitative estimate of drug-likeness (QED) is 0.707. The summed E-state index contributed by atoms with van der Waals surface area (Å²) in [5, 5.41) is 12.9. The molecule has 0 aromatic heterocycles. The van der Waals surface area contributed by atoms with Crippen molar-refractivity contribution in [3.05, 3.63) is 65.2 Å². The van der Waals surface area contributed by atoms with Gasteiger partial charge in [0.25, 0.3) is 0 Å². The van der Waals surface area contributed by atoms with Crippen LogP contribution < -0.4 is 10.2 Å². The summed E-state index contributed by atoms with van der Waals surface area (Å²) in [5.74, 6) is -0.00640. The molecule has 188 valence electrons. The van der Waals surface area contributed by atoms with E-state index >= 15 is 0 Å². The van der Waals surface area contributed by atoms with Gasteiger partial charge in [0.15, 0.2) is 0 Å². The Morgan fingerprint density at radius 2 is 1.92 bits per heavy atom. The summed E-state index contributed by atoms with van der Waals surface area (Å²) < 4.78 is 5.41. The average Bonchev–Trinajstić information content (AvgIpc) is 3.22. The molecule has 0 radical (unpaired) electrons. The maximum Gasteiger partial charge on any atom is 0.241 e. The minimum atomic E-state index is -0.392. The number of carbonyl (C=O) groups is 2. The van der Waals surface area contributed by atoms with Crippen LogP contribution in [-0.2, 0) is 19.7 Å². The predicted molar refractivity (Wildman–Crippen MR) is 137 cm³/mol. The molecule has 2 aromatic carbocycles. The molecule has 36 heavy (non-hydrogen) atoms. The molecule has 1 N–H and O–H groups in total. The first-order valence-electron chi connectivity index (χ1n) is 12.6. The molecule has 1 unspecified atom stereocenters. The van der Waals surface area contributed by atoms with Crippen LogP contribution in [0.5, 0.6) is 0 Å². The number of nitriles is 1. The number of amides is 2. The van der Waals surface area contributed by atoms with Crippen LogP contribution in [0.1, 0.15) is 30.5 Å². The summed E-state index contributed by atoms with van der Waals surface area (Å²) in [7, 11) is 0. The molecule has 0 bridgehead atoms. The Labute approximate surface area is 212 Å². The largest absolute Gasteiger partial charge is 0.378 e. The van der Waals surface area contributed by atoms with E-state index < -0.39 is 6.04 Å². The van der Waals surface area contributed by atoms with Crippen molar-refractivity contribution < 1.29 is 14.3 Å². The molecule has 5 rings (SSSR count). The number of piperazine rings is 1. The fourth-order valence-corrected chi connectivity index (χ4v) is 5.71. The maximum atomic E-state index is 13.9. The van der Waals surface area contributed by atoms with Gasteiger partial charge in [0.2, 0.25) is 11.8 Å². The number of benzene rings is 2. The van der Waals surface area contributed by atoms with Crippen LogP contribution in [-0.4, -0.2) is 86.2 Å². The van der Waals surface area contributed by atoms with E-state index in [9.17, 15) is 14.9 Å². The molecule has 2 amide bonds. The molecule has 8 nitrogen and oxygen atoms in total. The van der Waals surface area contributed by atoms with Gasteiger partial charge >= 0.3 is 0 Å². The molecule has 3 heterocycles. The van der Waals surface area contributed by atoms with Crippen LogP contribution >= 0.6 is 0 Å². The summed E-state index contributed by atoms with van der Waals surface area (Å²) in [6, 6.07) is 17.8. The topological polar surface area (TPSA) is 88.9 Å². The first kappa shape index (κ1) is 24.4. The molecule has 0 spiro atoms. The average molecular weight is 488 g/mol. The normalized spacial score (nSPS) is 26.4. The van der Waals surface area contributed by atoms with Crippen molar-refractivity contribution in [3.63, 3.8) is 0 Å². The van der Waals surface area contributed by atoms with Gasteiger partial charge in [-0.2, -0.15) is 5.26 Å². The highest BCUT2D eigenvalue weighted by atomic mass is 16.5. The van der Waals surface area contributed by atoms with E-state index in [1.54, 1.807) is 0 Å². The Hall–Kier alpha value is -3.25. The monoisotopic (exact) mass is 487 g/mol. The van der Waals surface area contributed by atoms with Crippen molar-refractivity contribution in [2.45, 2.75) is 31.3 Å². The minimum absolute atomic E-state index is 0.0493. The Balaban J connectivity index is 1.42. The zero-order chi connectivity index (χ0) is 25.3. The van der Waals surface area contributed by atoms with E-state index in [0.29, 0.717) is 51.5 Å². The molecule has 0 saturated carbocycles. The van der Waals surface area contributed by atoms with E-state index in [-0.39, 0.29) is 29.8 Å². The number of nitrogens with zero attached hydrogens (tertiary/aromatic N) is 4. The Bertz CT molecular complexity index is 1170. The maximum absolute atomic E-state index is 13.9. The van der Waals surface area contributed by atoms with Gasteiger partial charge in [0.1, 0.15) is 6.04 Å². The lowest BCUT2D eigenvalue weighted by molar-refractivity contribution is -0.142. The molecule has 3 aliphatic rings. The smallest absolute Gasteiger partial charge is 0.241 e. The first-order chi connectivity index (χ1) is 17.4. The van der Waals surface area contributed by atoms with Crippen molar-refractivity contribution >= 4 is 17.5 Å². The van der Waals surface area contributed by atoms with Gasteiger partial charge in [-0.05, 0) is 37.1 Å². The number of hydrogen-bond donors (Lipinski definition) is 1. The summed E-state index contributed by atoms with van der Waals surface area (Å²) >= 11 is 0. The standard InChI is InChI=1S/C28H33N5O3/c1-20-17-32(25(16-30-20)27(35)31-10-12-36-13-11-31)18-26(34)33-19-28(2,22-6-4-3-5-7-22)23-9-8-21(15-29)14-24(23)33/h3-9,14,20,25,30H,10-13,16-19H2,1-2H3/t20-,25-,28?/m1/s1. The van der Waals surface area contributed by atoms with Gasteiger partial charge in [0, 0.05) is 49.9 Å².